The number of carbonyl (C=O) groups excluding carboxylic acids is 1. The molecule has 0 saturated heterocycles. The highest BCUT2D eigenvalue weighted by Crippen LogP contribution is 2.42. The van der Waals surface area contributed by atoms with E-state index in [1.165, 1.54) is 24.8 Å². The SMILES string of the molecule is CCC.COC(=O)c1c(-c2c(F)cccc2Cl)noc1-c1cnn(C2=NC=CCC2)c1C(F)(F)F. The second-order valence-electron chi connectivity index (χ2n) is 7.32. The van der Waals surface area contributed by atoms with Gasteiger partial charge in [-0.15, -0.1) is 0 Å². The number of hydrogen-bond donors (Lipinski definition) is 0. The highest BCUT2D eigenvalue weighted by molar-refractivity contribution is 6.33. The number of nitrogens with zero attached hydrogens (tertiary/aromatic N) is 4. The van der Waals surface area contributed by atoms with Crippen molar-refractivity contribution in [1.82, 2.24) is 14.9 Å². The first kappa shape index (κ1) is 26.1. The minimum atomic E-state index is -4.90. The van der Waals surface area contributed by atoms with Crippen molar-refractivity contribution in [3.8, 4) is 22.6 Å². The Balaban J connectivity index is 0.00000108. The predicted octanol–water partition coefficient (Wildman–Crippen LogP) is 6.77. The van der Waals surface area contributed by atoms with Gasteiger partial charge in [0.1, 0.15) is 22.9 Å². The first-order chi connectivity index (χ1) is 16.6. The summed E-state index contributed by atoms with van der Waals surface area (Å²) in [5.41, 5.74) is -3.03. The third-order valence-electron chi connectivity index (χ3n) is 4.67. The predicted molar refractivity (Wildman–Crippen MR) is 122 cm³/mol. The summed E-state index contributed by atoms with van der Waals surface area (Å²) in [7, 11) is 1.02. The first-order valence-corrected chi connectivity index (χ1v) is 10.9. The molecule has 0 amide bonds. The fourth-order valence-electron chi connectivity index (χ4n) is 3.29. The molecule has 1 aromatic carbocycles. The molecule has 0 spiro atoms. The largest absolute Gasteiger partial charge is 0.465 e. The number of esters is 1. The van der Waals surface area contributed by atoms with Gasteiger partial charge >= 0.3 is 12.1 Å². The maximum atomic E-state index is 14.5. The number of aliphatic imine (C=N–C) groups is 1. The van der Waals surface area contributed by atoms with Crippen LogP contribution < -0.4 is 0 Å². The van der Waals surface area contributed by atoms with Crippen molar-refractivity contribution in [2.45, 2.75) is 39.3 Å². The lowest BCUT2D eigenvalue weighted by Gasteiger charge is -2.14. The number of carbonyl (C=O) groups is 1. The molecule has 0 atom stereocenters. The molecule has 0 N–H and O–H groups in total. The molecule has 3 heterocycles. The summed E-state index contributed by atoms with van der Waals surface area (Å²) in [6.45, 7) is 4.25. The van der Waals surface area contributed by atoms with Crippen molar-refractivity contribution < 1.29 is 31.6 Å². The van der Waals surface area contributed by atoms with Gasteiger partial charge in [0, 0.05) is 12.6 Å². The molecule has 35 heavy (non-hydrogen) atoms. The molecule has 0 fully saturated rings. The van der Waals surface area contributed by atoms with E-state index < -0.39 is 46.2 Å². The molecule has 3 aromatic rings. The normalized spacial score (nSPS) is 13.2. The lowest BCUT2D eigenvalue weighted by molar-refractivity contribution is -0.142. The van der Waals surface area contributed by atoms with E-state index in [1.54, 1.807) is 6.08 Å². The van der Waals surface area contributed by atoms with Crippen molar-refractivity contribution in [2.24, 2.45) is 4.99 Å². The van der Waals surface area contributed by atoms with Gasteiger partial charge in [0.2, 0.25) is 0 Å². The second kappa shape index (κ2) is 10.9. The molecule has 4 rings (SSSR count). The number of halogens is 5. The van der Waals surface area contributed by atoms with Gasteiger partial charge in [0.15, 0.2) is 11.5 Å². The third-order valence-corrected chi connectivity index (χ3v) is 4.99. The molecule has 1 aliphatic heterocycles. The van der Waals surface area contributed by atoms with Crippen LogP contribution in [-0.4, -0.2) is 33.9 Å². The number of ether oxygens (including phenoxy) is 1. The van der Waals surface area contributed by atoms with Gasteiger partial charge in [0.05, 0.1) is 29.5 Å². The van der Waals surface area contributed by atoms with Crippen LogP contribution in [0.25, 0.3) is 22.6 Å². The Bertz CT molecular complexity index is 1260. The molecule has 0 aliphatic carbocycles. The number of alkyl halides is 3. The maximum Gasteiger partial charge on any atom is 0.434 e. The van der Waals surface area contributed by atoms with Gasteiger partial charge in [-0.25, -0.2) is 18.9 Å². The molecular weight excluding hydrogens is 492 g/mol. The van der Waals surface area contributed by atoms with Crippen LogP contribution in [0.4, 0.5) is 17.6 Å². The summed E-state index contributed by atoms with van der Waals surface area (Å²) in [6.07, 6.45) is 1.02. The average Bonchev–Trinajstić information content (AvgIpc) is 3.44. The zero-order valence-corrected chi connectivity index (χ0v) is 19.7. The van der Waals surface area contributed by atoms with E-state index in [0.717, 1.165) is 19.4 Å². The van der Waals surface area contributed by atoms with Gasteiger partial charge in [-0.2, -0.15) is 18.3 Å². The van der Waals surface area contributed by atoms with Crippen molar-refractivity contribution >= 4 is 23.4 Å². The zero-order valence-electron chi connectivity index (χ0n) is 19.0. The molecule has 186 valence electrons. The molecule has 0 saturated carbocycles. The monoisotopic (exact) mass is 512 g/mol. The molecule has 1 aliphatic rings. The van der Waals surface area contributed by atoms with Crippen molar-refractivity contribution in [1.29, 1.82) is 0 Å². The number of aromatic nitrogens is 3. The van der Waals surface area contributed by atoms with Gasteiger partial charge in [-0.3, -0.25) is 0 Å². The summed E-state index contributed by atoms with van der Waals surface area (Å²) in [6, 6.07) is 3.72. The standard InChI is InChI=1S/C20H13ClF4N4O3.C3H8/c1-31-19(30)15-16(14-11(21)5-4-6-12(14)22)28-32-17(15)10-9-27-29(18(10)20(23,24)25)13-7-2-3-8-26-13;1-3-2/h3-6,8-9H,2,7H2,1H3;3H2,1-2H3. The van der Waals surface area contributed by atoms with Crippen molar-refractivity contribution in [3.63, 3.8) is 0 Å². The van der Waals surface area contributed by atoms with Crippen LogP contribution in [0.3, 0.4) is 0 Å². The highest BCUT2D eigenvalue weighted by atomic mass is 35.5. The smallest absolute Gasteiger partial charge is 0.434 e. The lowest BCUT2D eigenvalue weighted by atomic mass is 10.0. The van der Waals surface area contributed by atoms with E-state index in [-0.39, 0.29) is 22.8 Å². The first-order valence-electron chi connectivity index (χ1n) is 10.6. The van der Waals surface area contributed by atoms with Crippen LogP contribution in [0, 0.1) is 5.82 Å². The van der Waals surface area contributed by atoms with E-state index in [1.807, 2.05) is 0 Å². The Morgan fingerprint density at radius 1 is 1.29 bits per heavy atom. The van der Waals surface area contributed by atoms with Crippen LogP contribution >= 0.6 is 11.6 Å². The number of methoxy groups -OCH3 is 1. The summed E-state index contributed by atoms with van der Waals surface area (Å²) in [5, 5.41) is 7.35. The summed E-state index contributed by atoms with van der Waals surface area (Å²) in [5.74, 6) is -2.47. The summed E-state index contributed by atoms with van der Waals surface area (Å²) >= 11 is 6.06. The molecule has 0 unspecified atom stereocenters. The quantitative estimate of drug-likeness (QED) is 0.285. The molecule has 0 bridgehead atoms. The van der Waals surface area contributed by atoms with Crippen LogP contribution in [0.15, 0.2) is 46.2 Å². The topological polar surface area (TPSA) is 82.5 Å². The van der Waals surface area contributed by atoms with Crippen molar-refractivity contribution in [3.05, 3.63) is 58.8 Å². The molecule has 7 nitrogen and oxygen atoms in total. The van der Waals surface area contributed by atoms with E-state index in [0.29, 0.717) is 11.1 Å². The minimum absolute atomic E-state index is 0.0579. The Kier molecular flexibility index (Phi) is 8.11. The van der Waals surface area contributed by atoms with Gasteiger partial charge < -0.3 is 9.26 Å². The third kappa shape index (κ3) is 5.29. The number of benzene rings is 1. The van der Waals surface area contributed by atoms with E-state index in [4.69, 9.17) is 20.9 Å². The van der Waals surface area contributed by atoms with Crippen LogP contribution in [0.2, 0.25) is 5.02 Å². The Hall–Kier alpha value is -3.47. The van der Waals surface area contributed by atoms with Crippen molar-refractivity contribution in [2.75, 3.05) is 7.11 Å². The maximum absolute atomic E-state index is 14.5. The zero-order chi connectivity index (χ0) is 25.8. The fraction of sp³-hybridized carbons (Fsp3) is 0.304. The van der Waals surface area contributed by atoms with Gasteiger partial charge in [-0.05, 0) is 18.6 Å². The van der Waals surface area contributed by atoms with Gasteiger partial charge in [-0.1, -0.05) is 49.2 Å². The van der Waals surface area contributed by atoms with E-state index in [9.17, 15) is 22.4 Å². The van der Waals surface area contributed by atoms with E-state index in [2.05, 4.69) is 29.1 Å². The minimum Gasteiger partial charge on any atom is -0.465 e. The Labute approximate surface area is 203 Å². The molecular formula is C23H21ClF4N4O3. The number of allylic oxidation sites excluding steroid dienone is 1. The number of rotatable bonds is 3. The van der Waals surface area contributed by atoms with Gasteiger partial charge in [0.25, 0.3) is 0 Å². The van der Waals surface area contributed by atoms with Crippen LogP contribution in [0.5, 0.6) is 0 Å². The highest BCUT2D eigenvalue weighted by Gasteiger charge is 2.42. The average molecular weight is 513 g/mol. The molecule has 2 aromatic heterocycles. The molecule has 0 radical (unpaired) electrons. The lowest BCUT2D eigenvalue weighted by Crippen LogP contribution is -2.23. The summed E-state index contributed by atoms with van der Waals surface area (Å²) in [4.78, 5) is 16.5. The van der Waals surface area contributed by atoms with Crippen LogP contribution in [-0.2, 0) is 10.9 Å². The fourth-order valence-corrected chi connectivity index (χ4v) is 3.55. The summed E-state index contributed by atoms with van der Waals surface area (Å²) < 4.78 is 67.1. The Morgan fingerprint density at radius 3 is 2.57 bits per heavy atom. The Morgan fingerprint density at radius 2 is 2.00 bits per heavy atom. The second-order valence-corrected chi connectivity index (χ2v) is 7.72. The number of hydrogen-bond acceptors (Lipinski definition) is 6. The molecule has 12 heteroatoms. The van der Waals surface area contributed by atoms with Crippen LogP contribution in [0.1, 0.15) is 49.2 Å². The van der Waals surface area contributed by atoms with E-state index >= 15 is 0 Å².